The summed E-state index contributed by atoms with van der Waals surface area (Å²) in [6, 6.07) is 13.1. The van der Waals surface area contributed by atoms with Crippen LogP contribution >= 0.6 is 11.6 Å². The third-order valence-corrected chi connectivity index (χ3v) is 6.71. The Labute approximate surface area is 213 Å². The van der Waals surface area contributed by atoms with Crippen molar-refractivity contribution in [2.45, 2.75) is 26.6 Å². The zero-order chi connectivity index (χ0) is 25.2. The van der Waals surface area contributed by atoms with Crippen LogP contribution in [-0.2, 0) is 29.2 Å². The van der Waals surface area contributed by atoms with Crippen molar-refractivity contribution >= 4 is 39.7 Å². The molecule has 5 rings (SSSR count). The predicted octanol–water partition coefficient (Wildman–Crippen LogP) is 2.94. The molecule has 2 N–H and O–H groups in total. The number of pyridine rings is 1. The number of carbonyl (C=O) groups is 2. The van der Waals surface area contributed by atoms with E-state index in [0.717, 1.165) is 40.8 Å². The van der Waals surface area contributed by atoms with Gasteiger partial charge in [-0.15, -0.1) is 0 Å². The molecule has 3 heterocycles. The summed E-state index contributed by atoms with van der Waals surface area (Å²) in [6.07, 6.45) is 1.58. The van der Waals surface area contributed by atoms with E-state index in [-0.39, 0.29) is 30.0 Å². The van der Waals surface area contributed by atoms with E-state index in [1.54, 1.807) is 18.3 Å². The minimum absolute atomic E-state index is 0.0570. The Balaban J connectivity index is 1.54. The van der Waals surface area contributed by atoms with Gasteiger partial charge in [0.05, 0.1) is 25.3 Å². The summed E-state index contributed by atoms with van der Waals surface area (Å²) in [5, 5.41) is 7.68. The second-order valence-electron chi connectivity index (χ2n) is 9.07. The first-order chi connectivity index (χ1) is 17.4. The van der Waals surface area contributed by atoms with Crippen molar-refractivity contribution < 1.29 is 14.3 Å². The van der Waals surface area contributed by atoms with Crippen LogP contribution < -0.4 is 16.1 Å². The Morgan fingerprint density at radius 3 is 2.47 bits per heavy atom. The number of hydrogen-bond donors (Lipinski definition) is 2. The van der Waals surface area contributed by atoms with E-state index in [0.29, 0.717) is 30.2 Å². The van der Waals surface area contributed by atoms with Crippen LogP contribution in [0.25, 0.3) is 16.3 Å². The van der Waals surface area contributed by atoms with E-state index in [1.807, 2.05) is 28.7 Å². The third-order valence-electron chi connectivity index (χ3n) is 6.46. The Kier molecular flexibility index (Phi) is 6.91. The number of aromatic nitrogens is 1. The van der Waals surface area contributed by atoms with Crippen molar-refractivity contribution in [3.8, 4) is 0 Å². The number of nitrogens with zero attached hydrogens (tertiary/aromatic N) is 2. The molecular formula is C27H27ClN4O4. The molecule has 0 atom stereocenters. The molecule has 0 radical (unpaired) electrons. The van der Waals surface area contributed by atoms with Crippen LogP contribution in [0.3, 0.4) is 0 Å². The largest absolute Gasteiger partial charge is 0.379 e. The minimum Gasteiger partial charge on any atom is -0.379 e. The van der Waals surface area contributed by atoms with Gasteiger partial charge < -0.3 is 19.8 Å². The van der Waals surface area contributed by atoms with Gasteiger partial charge in [-0.1, -0.05) is 23.7 Å². The van der Waals surface area contributed by atoms with E-state index >= 15 is 0 Å². The van der Waals surface area contributed by atoms with Gasteiger partial charge in [-0.2, -0.15) is 0 Å². The Morgan fingerprint density at radius 1 is 1.00 bits per heavy atom. The van der Waals surface area contributed by atoms with Crippen LogP contribution in [0, 0.1) is 0 Å². The number of rotatable bonds is 7. The monoisotopic (exact) mass is 506 g/mol. The molecule has 2 aromatic heterocycles. The predicted molar refractivity (Wildman–Crippen MR) is 139 cm³/mol. The summed E-state index contributed by atoms with van der Waals surface area (Å²) in [4.78, 5) is 40.6. The van der Waals surface area contributed by atoms with Gasteiger partial charge >= 0.3 is 0 Å². The molecule has 1 aliphatic heterocycles. The molecule has 1 aliphatic rings. The molecule has 1 fully saturated rings. The molecule has 4 aromatic rings. The van der Waals surface area contributed by atoms with Crippen LogP contribution in [0.15, 0.2) is 53.5 Å². The van der Waals surface area contributed by atoms with Gasteiger partial charge in [-0.05, 0) is 41.5 Å². The maximum absolute atomic E-state index is 13.6. The van der Waals surface area contributed by atoms with Crippen molar-refractivity contribution in [2.75, 3.05) is 26.3 Å². The normalized spacial score (nSPS) is 14.4. The van der Waals surface area contributed by atoms with Gasteiger partial charge in [-0.3, -0.25) is 19.3 Å². The van der Waals surface area contributed by atoms with Crippen LogP contribution in [0.2, 0.25) is 5.02 Å². The summed E-state index contributed by atoms with van der Waals surface area (Å²) in [5.41, 5.74) is 3.16. The highest BCUT2D eigenvalue weighted by Gasteiger charge is 2.20. The smallest absolute Gasteiger partial charge is 0.257 e. The molecule has 2 amide bonds. The van der Waals surface area contributed by atoms with Crippen LogP contribution in [0.4, 0.5) is 0 Å². The average Bonchev–Trinajstić information content (AvgIpc) is 3.22. The molecule has 1 saturated heterocycles. The lowest BCUT2D eigenvalue weighted by molar-refractivity contribution is -0.119. The van der Waals surface area contributed by atoms with E-state index < -0.39 is 5.91 Å². The number of amides is 2. The van der Waals surface area contributed by atoms with Gasteiger partial charge in [0.1, 0.15) is 5.56 Å². The van der Waals surface area contributed by atoms with E-state index in [2.05, 4.69) is 21.6 Å². The fraction of sp³-hybridized carbons (Fsp3) is 0.296. The summed E-state index contributed by atoms with van der Waals surface area (Å²) in [7, 11) is 0. The fourth-order valence-electron chi connectivity index (χ4n) is 4.65. The molecule has 8 nitrogen and oxygen atoms in total. The number of ether oxygens (including phenoxy) is 1. The first-order valence-electron chi connectivity index (χ1n) is 11.9. The van der Waals surface area contributed by atoms with Gasteiger partial charge in [0, 0.05) is 60.8 Å². The Morgan fingerprint density at radius 2 is 1.75 bits per heavy atom. The van der Waals surface area contributed by atoms with Gasteiger partial charge in [0.25, 0.3) is 5.91 Å². The lowest BCUT2D eigenvalue weighted by Gasteiger charge is -2.26. The quantitative estimate of drug-likeness (QED) is 0.402. The van der Waals surface area contributed by atoms with Gasteiger partial charge in [0.2, 0.25) is 11.3 Å². The first kappa shape index (κ1) is 24.2. The molecule has 0 spiro atoms. The molecular weight excluding hydrogens is 480 g/mol. The van der Waals surface area contributed by atoms with E-state index in [9.17, 15) is 14.4 Å². The molecule has 2 aromatic carbocycles. The average molecular weight is 507 g/mol. The van der Waals surface area contributed by atoms with E-state index in [1.165, 1.54) is 6.92 Å². The minimum atomic E-state index is -0.452. The van der Waals surface area contributed by atoms with Gasteiger partial charge in [0.15, 0.2) is 0 Å². The molecule has 0 saturated carbocycles. The summed E-state index contributed by atoms with van der Waals surface area (Å²) in [5.74, 6) is -0.607. The highest BCUT2D eigenvalue weighted by Crippen LogP contribution is 2.26. The van der Waals surface area contributed by atoms with Crippen LogP contribution in [0.5, 0.6) is 0 Å². The number of benzene rings is 2. The van der Waals surface area contributed by atoms with Crippen LogP contribution in [0.1, 0.15) is 34.1 Å². The number of carbonyl (C=O) groups excluding carboxylic acids is 2. The number of morpholine rings is 1. The number of hydrogen-bond acceptors (Lipinski definition) is 5. The van der Waals surface area contributed by atoms with E-state index in [4.69, 9.17) is 16.3 Å². The molecule has 186 valence electrons. The van der Waals surface area contributed by atoms with Crippen molar-refractivity contribution in [1.29, 1.82) is 0 Å². The lowest BCUT2D eigenvalue weighted by atomic mass is 10.0. The molecule has 0 bridgehead atoms. The topological polar surface area (TPSA) is 92.2 Å². The summed E-state index contributed by atoms with van der Waals surface area (Å²) >= 11 is 5.95. The van der Waals surface area contributed by atoms with Gasteiger partial charge in [-0.25, -0.2) is 0 Å². The van der Waals surface area contributed by atoms with Crippen molar-refractivity contribution in [2.24, 2.45) is 0 Å². The molecule has 36 heavy (non-hydrogen) atoms. The zero-order valence-electron chi connectivity index (χ0n) is 20.0. The van der Waals surface area contributed by atoms with Crippen molar-refractivity contribution in [3.63, 3.8) is 0 Å². The third kappa shape index (κ3) is 5.06. The van der Waals surface area contributed by atoms with Crippen LogP contribution in [-0.4, -0.2) is 47.4 Å². The molecule has 0 aliphatic carbocycles. The fourth-order valence-corrected chi connectivity index (χ4v) is 4.77. The second kappa shape index (κ2) is 10.3. The standard InChI is InChI=1S/C27H27ClN4O4/c1-17(33)29-14-22-12-20-10-19(15-31-6-8-36-9-7-31)11-23-25(20)32(22)16-24(26(23)34)27(35)30-13-18-2-4-21(28)5-3-18/h2-5,10-12,16H,6-9,13-15H2,1H3,(H,29,33)(H,30,35). The summed E-state index contributed by atoms with van der Waals surface area (Å²) < 4.78 is 7.30. The lowest BCUT2D eigenvalue weighted by Crippen LogP contribution is -2.35. The van der Waals surface area contributed by atoms with Crippen molar-refractivity contribution in [1.82, 2.24) is 19.9 Å². The second-order valence-corrected chi connectivity index (χ2v) is 9.50. The maximum atomic E-state index is 13.6. The highest BCUT2D eigenvalue weighted by atomic mass is 35.5. The Bertz CT molecular complexity index is 1480. The molecule has 9 heteroatoms. The molecule has 0 unspecified atom stereocenters. The Hall–Kier alpha value is -3.46. The SMILES string of the molecule is CC(=O)NCc1cc2cc(CN3CCOCC3)cc3c(=O)c(C(=O)NCc4ccc(Cl)cc4)cn1c23. The number of halogens is 1. The van der Waals surface area contributed by atoms with Crippen molar-refractivity contribution in [3.05, 3.63) is 86.3 Å². The summed E-state index contributed by atoms with van der Waals surface area (Å²) in [6.45, 7) is 5.73. The highest BCUT2D eigenvalue weighted by molar-refractivity contribution is 6.30. The first-order valence-corrected chi connectivity index (χ1v) is 12.3. The number of nitrogens with one attached hydrogen (secondary N) is 2. The maximum Gasteiger partial charge on any atom is 0.257 e. The zero-order valence-corrected chi connectivity index (χ0v) is 20.7.